The molecule has 0 spiro atoms. The summed E-state index contributed by atoms with van der Waals surface area (Å²) in [4.78, 5) is 14.0. The quantitative estimate of drug-likeness (QED) is 0.828. The molecule has 110 valence electrons. The number of carbonyl (C=O) groups excluding carboxylic acids is 1. The summed E-state index contributed by atoms with van der Waals surface area (Å²) in [5, 5.41) is 0. The molecule has 1 heterocycles. The Hall–Kier alpha value is -1.40. The summed E-state index contributed by atoms with van der Waals surface area (Å²) in [6.45, 7) is 5.95. The van der Waals surface area contributed by atoms with E-state index in [0.717, 1.165) is 19.5 Å². The molecule has 0 unspecified atom stereocenters. The lowest BCUT2D eigenvalue weighted by molar-refractivity contribution is 0.0651. The van der Waals surface area contributed by atoms with Gasteiger partial charge in [0.1, 0.15) is 0 Å². The van der Waals surface area contributed by atoms with Gasteiger partial charge in [-0.3, -0.25) is 4.79 Å². The fourth-order valence-corrected chi connectivity index (χ4v) is 3.71. The van der Waals surface area contributed by atoms with E-state index in [-0.39, 0.29) is 10.8 Å². The van der Waals surface area contributed by atoms with Gasteiger partial charge in [-0.2, -0.15) is 4.31 Å². The van der Waals surface area contributed by atoms with E-state index in [2.05, 4.69) is 0 Å². The van der Waals surface area contributed by atoms with Gasteiger partial charge in [-0.25, -0.2) is 8.42 Å². The Labute approximate surface area is 120 Å². The zero-order chi connectivity index (χ0) is 14.8. The number of likely N-dealkylation sites (tertiary alicyclic amines) is 1. The van der Waals surface area contributed by atoms with Crippen LogP contribution in [0.4, 0.5) is 0 Å². The zero-order valence-corrected chi connectivity index (χ0v) is 12.7. The van der Waals surface area contributed by atoms with E-state index >= 15 is 0 Å². The third-order valence-corrected chi connectivity index (χ3v) is 5.61. The predicted octanol–water partition coefficient (Wildman–Crippen LogP) is 1.56. The monoisotopic (exact) mass is 296 g/mol. The summed E-state index contributed by atoms with van der Waals surface area (Å²) in [6.07, 6.45) is 1.02. The highest BCUT2D eigenvalue weighted by Crippen LogP contribution is 2.19. The van der Waals surface area contributed by atoms with Crippen LogP contribution < -0.4 is 0 Å². The van der Waals surface area contributed by atoms with Crippen molar-refractivity contribution in [2.45, 2.75) is 25.2 Å². The van der Waals surface area contributed by atoms with Crippen molar-refractivity contribution in [2.75, 3.05) is 26.2 Å². The molecule has 0 atom stereocenters. The van der Waals surface area contributed by atoms with Crippen LogP contribution in [0.2, 0.25) is 0 Å². The highest BCUT2D eigenvalue weighted by atomic mass is 32.2. The van der Waals surface area contributed by atoms with Crippen molar-refractivity contribution < 1.29 is 13.2 Å². The summed E-state index contributed by atoms with van der Waals surface area (Å²) in [5.74, 6) is -0.0900. The highest BCUT2D eigenvalue weighted by molar-refractivity contribution is 7.89. The molecule has 2 rings (SSSR count). The molecule has 1 saturated heterocycles. The maximum Gasteiger partial charge on any atom is 0.253 e. The van der Waals surface area contributed by atoms with E-state index < -0.39 is 10.0 Å². The Kier molecular flexibility index (Phi) is 4.45. The largest absolute Gasteiger partial charge is 0.339 e. The van der Waals surface area contributed by atoms with Gasteiger partial charge in [0.15, 0.2) is 0 Å². The van der Waals surface area contributed by atoms with Crippen LogP contribution >= 0.6 is 0 Å². The summed E-state index contributed by atoms with van der Waals surface area (Å²) >= 11 is 0. The smallest absolute Gasteiger partial charge is 0.253 e. The molecule has 0 N–H and O–H groups in total. The molecule has 20 heavy (non-hydrogen) atoms. The maximum absolute atomic E-state index is 12.4. The van der Waals surface area contributed by atoms with Gasteiger partial charge in [0.2, 0.25) is 10.0 Å². The van der Waals surface area contributed by atoms with Crippen LogP contribution in [0, 0.1) is 0 Å². The van der Waals surface area contributed by atoms with Crippen molar-refractivity contribution >= 4 is 15.9 Å². The minimum atomic E-state index is -3.51. The van der Waals surface area contributed by atoms with E-state index in [0.29, 0.717) is 18.7 Å². The van der Waals surface area contributed by atoms with E-state index in [4.69, 9.17) is 0 Å². The normalized spacial score (nSPS) is 15.2. The second kappa shape index (κ2) is 5.93. The fraction of sp³-hybridized carbons (Fsp3) is 0.500. The standard InChI is InChI=1S/C14H20N2O3S/c1-3-16(4-2)20(18,19)13-8-5-7-12(11-13)14(17)15-9-6-10-15/h5,7-8,11H,3-4,6,9-10H2,1-2H3. The Morgan fingerprint density at radius 2 is 1.90 bits per heavy atom. The summed E-state index contributed by atoms with van der Waals surface area (Å²) in [6, 6.07) is 6.32. The summed E-state index contributed by atoms with van der Waals surface area (Å²) < 4.78 is 26.2. The van der Waals surface area contributed by atoms with Crippen LogP contribution in [-0.4, -0.2) is 49.7 Å². The molecule has 1 amide bonds. The lowest BCUT2D eigenvalue weighted by Gasteiger charge is -2.31. The minimum Gasteiger partial charge on any atom is -0.339 e. The van der Waals surface area contributed by atoms with Crippen LogP contribution in [0.25, 0.3) is 0 Å². The van der Waals surface area contributed by atoms with Gasteiger partial charge in [0.25, 0.3) is 5.91 Å². The minimum absolute atomic E-state index is 0.0900. The van der Waals surface area contributed by atoms with Crippen LogP contribution in [0.3, 0.4) is 0 Å². The topological polar surface area (TPSA) is 57.7 Å². The van der Waals surface area contributed by atoms with Crippen molar-refractivity contribution in [1.82, 2.24) is 9.21 Å². The van der Waals surface area contributed by atoms with Crippen molar-refractivity contribution in [3.8, 4) is 0 Å². The molecule has 1 fully saturated rings. The SMILES string of the molecule is CCN(CC)S(=O)(=O)c1cccc(C(=O)N2CCC2)c1. The van der Waals surface area contributed by atoms with Gasteiger partial charge in [-0.15, -0.1) is 0 Å². The number of carbonyl (C=O) groups is 1. The fourth-order valence-electron chi connectivity index (χ4n) is 2.20. The Morgan fingerprint density at radius 1 is 1.25 bits per heavy atom. The Morgan fingerprint density at radius 3 is 2.40 bits per heavy atom. The number of benzene rings is 1. The van der Waals surface area contributed by atoms with E-state index in [9.17, 15) is 13.2 Å². The number of nitrogens with zero attached hydrogens (tertiary/aromatic N) is 2. The molecule has 0 saturated carbocycles. The van der Waals surface area contributed by atoms with E-state index in [1.807, 2.05) is 0 Å². The Bertz CT molecular complexity index is 590. The van der Waals surface area contributed by atoms with Crippen molar-refractivity contribution in [3.63, 3.8) is 0 Å². The van der Waals surface area contributed by atoms with Gasteiger partial charge < -0.3 is 4.90 Å². The lowest BCUT2D eigenvalue weighted by atomic mass is 10.1. The van der Waals surface area contributed by atoms with Crippen LogP contribution in [0.5, 0.6) is 0 Å². The molecular formula is C14H20N2O3S. The molecule has 6 heteroatoms. The van der Waals surface area contributed by atoms with Crippen molar-refractivity contribution in [2.24, 2.45) is 0 Å². The van der Waals surface area contributed by atoms with Crippen molar-refractivity contribution in [1.29, 1.82) is 0 Å². The molecule has 1 aliphatic rings. The first kappa shape index (κ1) is 15.0. The molecule has 0 radical (unpaired) electrons. The zero-order valence-electron chi connectivity index (χ0n) is 11.9. The second-order valence-corrected chi connectivity index (χ2v) is 6.70. The first-order valence-electron chi connectivity index (χ1n) is 6.90. The third-order valence-electron chi connectivity index (χ3n) is 3.57. The van der Waals surface area contributed by atoms with Crippen LogP contribution in [0.1, 0.15) is 30.6 Å². The van der Waals surface area contributed by atoms with E-state index in [1.165, 1.54) is 10.4 Å². The number of sulfonamides is 1. The van der Waals surface area contributed by atoms with Gasteiger partial charge in [-0.1, -0.05) is 19.9 Å². The van der Waals surface area contributed by atoms with Crippen LogP contribution in [0.15, 0.2) is 29.2 Å². The molecule has 1 aromatic rings. The number of amides is 1. The third kappa shape index (κ3) is 2.71. The molecular weight excluding hydrogens is 276 g/mol. The van der Waals surface area contributed by atoms with Crippen LogP contribution in [-0.2, 0) is 10.0 Å². The van der Waals surface area contributed by atoms with Crippen molar-refractivity contribution in [3.05, 3.63) is 29.8 Å². The van der Waals surface area contributed by atoms with E-state index in [1.54, 1.807) is 36.9 Å². The number of rotatable bonds is 5. The molecule has 0 aliphatic carbocycles. The highest BCUT2D eigenvalue weighted by Gasteiger charge is 2.25. The number of hydrogen-bond acceptors (Lipinski definition) is 3. The molecule has 1 aromatic carbocycles. The van der Waals surface area contributed by atoms with Gasteiger partial charge >= 0.3 is 0 Å². The first-order chi connectivity index (χ1) is 9.50. The average Bonchev–Trinajstić information content (AvgIpc) is 2.38. The van der Waals surface area contributed by atoms with Gasteiger partial charge in [0, 0.05) is 31.7 Å². The molecule has 0 bridgehead atoms. The molecule has 5 nitrogen and oxygen atoms in total. The molecule has 1 aliphatic heterocycles. The first-order valence-corrected chi connectivity index (χ1v) is 8.34. The second-order valence-electron chi connectivity index (χ2n) is 4.76. The summed E-state index contributed by atoms with van der Waals surface area (Å²) in [5.41, 5.74) is 0.443. The molecule has 0 aromatic heterocycles. The number of hydrogen-bond donors (Lipinski definition) is 0. The maximum atomic E-state index is 12.4. The van der Waals surface area contributed by atoms with Gasteiger partial charge in [-0.05, 0) is 24.6 Å². The average molecular weight is 296 g/mol. The summed E-state index contributed by atoms with van der Waals surface area (Å²) in [7, 11) is -3.51. The Balaban J connectivity index is 2.31. The van der Waals surface area contributed by atoms with Gasteiger partial charge in [0.05, 0.1) is 4.90 Å². The lowest BCUT2D eigenvalue weighted by Crippen LogP contribution is -2.42. The predicted molar refractivity (Wildman–Crippen MR) is 77.1 cm³/mol.